The van der Waals surface area contributed by atoms with Crippen LogP contribution in [0.25, 0.3) is 0 Å². The third-order valence-electron chi connectivity index (χ3n) is 2.76. The molecule has 1 aliphatic carbocycles. The van der Waals surface area contributed by atoms with Gasteiger partial charge in [0.15, 0.2) is 0 Å². The van der Waals surface area contributed by atoms with E-state index in [0.29, 0.717) is 6.04 Å². The van der Waals surface area contributed by atoms with Crippen LogP contribution in [-0.4, -0.2) is 6.04 Å². The Morgan fingerprint density at radius 2 is 1.87 bits per heavy atom. The van der Waals surface area contributed by atoms with Crippen molar-refractivity contribution in [2.75, 3.05) is 11.1 Å². The van der Waals surface area contributed by atoms with Crippen molar-refractivity contribution in [3.05, 3.63) is 30.7 Å². The first-order valence-corrected chi connectivity index (χ1v) is 5.29. The molecule has 0 heterocycles. The SMILES string of the molecule is Nc1ccccc1NC1CC[CH-]CC1.[Co]. The van der Waals surface area contributed by atoms with Crippen LogP contribution < -0.4 is 11.1 Å². The van der Waals surface area contributed by atoms with Crippen LogP contribution in [0.5, 0.6) is 0 Å². The van der Waals surface area contributed by atoms with E-state index in [-0.39, 0.29) is 16.8 Å². The molecule has 3 N–H and O–H groups in total. The van der Waals surface area contributed by atoms with Gasteiger partial charge in [-0.3, -0.25) is 0 Å². The number of nitrogens with two attached hydrogens (primary N) is 1. The maximum Gasteiger partial charge on any atom is 0.0576 e. The molecule has 2 nitrogen and oxygen atoms in total. The second-order valence-corrected chi connectivity index (χ2v) is 3.87. The Labute approximate surface area is 102 Å². The summed E-state index contributed by atoms with van der Waals surface area (Å²) in [4.78, 5) is 0. The summed E-state index contributed by atoms with van der Waals surface area (Å²) in [5, 5.41) is 3.50. The van der Waals surface area contributed by atoms with Gasteiger partial charge in [0.25, 0.3) is 0 Å². The van der Waals surface area contributed by atoms with E-state index in [9.17, 15) is 0 Å². The van der Waals surface area contributed by atoms with E-state index >= 15 is 0 Å². The Balaban J connectivity index is 0.00000112. The predicted octanol–water partition coefficient (Wildman–Crippen LogP) is 2.83. The Morgan fingerprint density at radius 1 is 1.20 bits per heavy atom. The summed E-state index contributed by atoms with van der Waals surface area (Å²) in [6.07, 6.45) is 7.28. The van der Waals surface area contributed by atoms with Gasteiger partial charge >= 0.3 is 0 Å². The van der Waals surface area contributed by atoms with E-state index < -0.39 is 0 Å². The molecule has 3 heteroatoms. The zero-order valence-electron chi connectivity index (χ0n) is 8.70. The van der Waals surface area contributed by atoms with Gasteiger partial charge in [-0.25, -0.2) is 0 Å². The van der Waals surface area contributed by atoms with Gasteiger partial charge in [0, 0.05) is 22.8 Å². The molecule has 0 atom stereocenters. The molecule has 85 valence electrons. The zero-order valence-corrected chi connectivity index (χ0v) is 9.74. The van der Waals surface area contributed by atoms with E-state index in [1.54, 1.807) is 0 Å². The molecule has 1 saturated carbocycles. The number of hydrogen-bond donors (Lipinski definition) is 2. The summed E-state index contributed by atoms with van der Waals surface area (Å²) in [5.74, 6) is 0. The van der Waals surface area contributed by atoms with Crippen LogP contribution in [0, 0.1) is 6.42 Å². The van der Waals surface area contributed by atoms with Crippen molar-refractivity contribution in [1.29, 1.82) is 0 Å². The smallest absolute Gasteiger partial charge is 0.0576 e. The molecule has 2 rings (SSSR count). The molecule has 0 saturated heterocycles. The standard InChI is InChI=1S/C12H17N2.Co/c13-11-8-4-5-9-12(11)14-10-6-2-1-3-7-10;/h1,4-5,8-10,14H,2-3,6-7,13H2;/q-1;. The molecule has 1 aromatic carbocycles. The fraction of sp³-hybridized carbons (Fsp3) is 0.417. The van der Waals surface area contributed by atoms with Crippen LogP contribution in [-0.2, 0) is 16.8 Å². The Hall–Kier alpha value is -0.674. The number of nitrogens with one attached hydrogen (secondary N) is 1. The van der Waals surface area contributed by atoms with Gasteiger partial charge in [0.2, 0.25) is 0 Å². The first kappa shape index (κ1) is 12.4. The second kappa shape index (κ2) is 6.03. The predicted molar refractivity (Wildman–Crippen MR) is 61.0 cm³/mol. The van der Waals surface area contributed by atoms with Crippen LogP contribution in [0.15, 0.2) is 24.3 Å². The van der Waals surface area contributed by atoms with E-state index in [2.05, 4.69) is 11.7 Å². The first-order valence-electron chi connectivity index (χ1n) is 5.29. The summed E-state index contributed by atoms with van der Waals surface area (Å²) < 4.78 is 0. The second-order valence-electron chi connectivity index (χ2n) is 3.87. The fourth-order valence-corrected chi connectivity index (χ4v) is 1.92. The number of anilines is 2. The third-order valence-corrected chi connectivity index (χ3v) is 2.76. The van der Waals surface area contributed by atoms with E-state index in [0.717, 1.165) is 11.4 Å². The molecule has 0 aliphatic heterocycles. The molecule has 0 aromatic heterocycles. The Morgan fingerprint density at radius 3 is 2.53 bits per heavy atom. The first-order chi connectivity index (χ1) is 6.86. The van der Waals surface area contributed by atoms with Gasteiger partial charge in [-0.15, -0.1) is 0 Å². The zero-order chi connectivity index (χ0) is 9.80. The van der Waals surface area contributed by atoms with Crippen molar-refractivity contribution in [2.24, 2.45) is 0 Å². The van der Waals surface area contributed by atoms with Crippen molar-refractivity contribution in [2.45, 2.75) is 31.7 Å². The van der Waals surface area contributed by atoms with Gasteiger partial charge in [0.05, 0.1) is 11.4 Å². The minimum atomic E-state index is 0. The van der Waals surface area contributed by atoms with Crippen molar-refractivity contribution < 1.29 is 16.8 Å². The molecule has 0 bridgehead atoms. The van der Waals surface area contributed by atoms with Gasteiger partial charge in [-0.05, 0) is 12.1 Å². The van der Waals surface area contributed by atoms with Gasteiger partial charge in [0.1, 0.15) is 0 Å². The van der Waals surface area contributed by atoms with Crippen molar-refractivity contribution in [3.63, 3.8) is 0 Å². The summed E-state index contributed by atoms with van der Waals surface area (Å²) >= 11 is 0. The van der Waals surface area contributed by atoms with Gasteiger partial charge in [-0.2, -0.15) is 12.8 Å². The third kappa shape index (κ3) is 3.43. The largest absolute Gasteiger partial charge is 0.397 e. The maximum absolute atomic E-state index is 5.87. The molecule has 0 unspecified atom stereocenters. The van der Waals surface area contributed by atoms with E-state index in [1.165, 1.54) is 25.7 Å². The van der Waals surface area contributed by atoms with Crippen LogP contribution in [0.2, 0.25) is 0 Å². The topological polar surface area (TPSA) is 38.0 Å². The summed E-state index contributed by atoms with van der Waals surface area (Å²) in [6.45, 7) is 0. The monoisotopic (exact) mass is 248 g/mol. The molecule has 1 aliphatic rings. The van der Waals surface area contributed by atoms with Gasteiger partial charge in [-0.1, -0.05) is 25.0 Å². The minimum Gasteiger partial charge on any atom is -0.397 e. The summed E-state index contributed by atoms with van der Waals surface area (Å²) in [5.41, 5.74) is 7.80. The molecule has 1 aromatic rings. The normalized spacial score (nSPS) is 16.8. The van der Waals surface area contributed by atoms with Crippen LogP contribution >= 0.6 is 0 Å². The van der Waals surface area contributed by atoms with Crippen molar-refractivity contribution in [1.82, 2.24) is 0 Å². The average molecular weight is 248 g/mol. The summed E-state index contributed by atoms with van der Waals surface area (Å²) in [7, 11) is 0. The number of hydrogen-bond acceptors (Lipinski definition) is 2. The molecular weight excluding hydrogens is 231 g/mol. The fourth-order valence-electron chi connectivity index (χ4n) is 1.92. The van der Waals surface area contributed by atoms with E-state index in [1.807, 2.05) is 24.3 Å². The van der Waals surface area contributed by atoms with Crippen LogP contribution in [0.4, 0.5) is 11.4 Å². The number of nitrogen functional groups attached to an aromatic ring is 1. The van der Waals surface area contributed by atoms with Crippen LogP contribution in [0.3, 0.4) is 0 Å². The molecule has 15 heavy (non-hydrogen) atoms. The number of para-hydroxylation sites is 2. The molecule has 0 spiro atoms. The van der Waals surface area contributed by atoms with Crippen molar-refractivity contribution >= 4 is 11.4 Å². The van der Waals surface area contributed by atoms with E-state index in [4.69, 9.17) is 5.73 Å². The van der Waals surface area contributed by atoms with Gasteiger partial charge < -0.3 is 17.5 Å². The number of rotatable bonds is 2. The summed E-state index contributed by atoms with van der Waals surface area (Å²) in [6, 6.07) is 8.58. The molecule has 1 radical (unpaired) electrons. The molecular formula is C12H17CoN2-. The molecule has 0 amide bonds. The minimum absolute atomic E-state index is 0. The Kier molecular flexibility index (Phi) is 4.98. The number of benzene rings is 1. The van der Waals surface area contributed by atoms with Crippen molar-refractivity contribution in [3.8, 4) is 0 Å². The molecule has 1 fully saturated rings. The van der Waals surface area contributed by atoms with Crippen LogP contribution in [0.1, 0.15) is 25.7 Å². The maximum atomic E-state index is 5.87. The average Bonchev–Trinajstić information content (AvgIpc) is 2.23. The quantitative estimate of drug-likeness (QED) is 0.624. The Bertz CT molecular complexity index is 295.